The lowest BCUT2D eigenvalue weighted by Gasteiger charge is -2.39. The number of esters is 2. The molecule has 3 heterocycles. The first-order valence-electron chi connectivity index (χ1n) is 16.1. The Kier molecular flexibility index (Phi) is 13.1. The molecule has 4 rings (SSSR count). The quantitative estimate of drug-likeness (QED) is 0.499. The fraction of sp³-hybridized carbons (Fsp3) is 0.935. The lowest BCUT2D eigenvalue weighted by molar-refractivity contribution is -0.172. The number of nitrogens with one attached hydrogen (secondary N) is 1. The van der Waals surface area contributed by atoms with Gasteiger partial charge in [-0.3, -0.25) is 9.59 Å². The molecular weight excluding hydrogens is 526 g/mol. The summed E-state index contributed by atoms with van der Waals surface area (Å²) in [6.45, 7) is 11.2. The SMILES string of the molecule is COC1CC2CC(OCCCC(OC(=O)C3CC(C)NC(C)C3)CCN3CCCN(CCCOC2=O)CC3)C1OC. The fourth-order valence-electron chi connectivity index (χ4n) is 7.26. The van der Waals surface area contributed by atoms with Gasteiger partial charge in [0.2, 0.25) is 0 Å². The number of methoxy groups -OCH3 is 2. The number of hydrogen-bond acceptors (Lipinski definition) is 10. The molecule has 4 aliphatic rings. The maximum Gasteiger partial charge on any atom is 0.309 e. The number of carbonyl (C=O) groups excluding carboxylic acids is 2. The normalized spacial score (nSPS) is 40.3. The van der Waals surface area contributed by atoms with Crippen molar-refractivity contribution in [1.29, 1.82) is 0 Å². The van der Waals surface area contributed by atoms with Crippen LogP contribution in [0.5, 0.6) is 0 Å². The van der Waals surface area contributed by atoms with E-state index in [9.17, 15) is 9.59 Å². The van der Waals surface area contributed by atoms with E-state index in [4.69, 9.17) is 23.7 Å². The first-order chi connectivity index (χ1) is 19.9. The molecule has 0 radical (unpaired) electrons. The fourth-order valence-corrected chi connectivity index (χ4v) is 7.26. The smallest absolute Gasteiger partial charge is 0.309 e. The number of rotatable bonds is 4. The molecule has 41 heavy (non-hydrogen) atoms. The van der Waals surface area contributed by atoms with Crippen LogP contribution in [-0.4, -0.2) is 125 Å². The predicted octanol–water partition coefficient (Wildman–Crippen LogP) is 2.62. The zero-order chi connectivity index (χ0) is 29.2. The Morgan fingerprint density at radius 2 is 1.54 bits per heavy atom. The second-order valence-electron chi connectivity index (χ2n) is 12.7. The minimum atomic E-state index is -0.270. The Labute approximate surface area is 247 Å². The van der Waals surface area contributed by atoms with Crippen molar-refractivity contribution in [3.05, 3.63) is 0 Å². The van der Waals surface area contributed by atoms with Crippen LogP contribution in [0.15, 0.2) is 0 Å². The van der Waals surface area contributed by atoms with Crippen LogP contribution in [0, 0.1) is 11.8 Å². The van der Waals surface area contributed by atoms with Gasteiger partial charge in [-0.05, 0) is 84.7 Å². The second-order valence-corrected chi connectivity index (χ2v) is 12.7. The minimum Gasteiger partial charge on any atom is -0.465 e. The number of hydrogen-bond donors (Lipinski definition) is 1. The van der Waals surface area contributed by atoms with Crippen molar-refractivity contribution in [1.82, 2.24) is 15.1 Å². The summed E-state index contributed by atoms with van der Waals surface area (Å²) < 4.78 is 29.8. The number of carbonyl (C=O) groups is 2. The molecular formula is C31H55N3O7. The third-order valence-electron chi connectivity index (χ3n) is 9.45. The van der Waals surface area contributed by atoms with Gasteiger partial charge in [-0.2, -0.15) is 0 Å². The third kappa shape index (κ3) is 9.86. The monoisotopic (exact) mass is 581 g/mol. The van der Waals surface area contributed by atoms with Crippen molar-refractivity contribution in [2.24, 2.45) is 11.8 Å². The van der Waals surface area contributed by atoms with Crippen molar-refractivity contribution in [2.45, 2.75) is 108 Å². The molecule has 1 N–H and O–H groups in total. The molecule has 9 atom stereocenters. The third-order valence-corrected chi connectivity index (χ3v) is 9.45. The van der Waals surface area contributed by atoms with Crippen LogP contribution in [0.25, 0.3) is 0 Å². The molecule has 1 aliphatic carbocycles. The summed E-state index contributed by atoms with van der Waals surface area (Å²) in [7, 11) is 3.33. The summed E-state index contributed by atoms with van der Waals surface area (Å²) >= 11 is 0. The van der Waals surface area contributed by atoms with Crippen molar-refractivity contribution in [3.8, 4) is 0 Å². The zero-order valence-electron chi connectivity index (χ0n) is 25.9. The minimum absolute atomic E-state index is 0.0476. The Bertz CT molecular complexity index is 807. The van der Waals surface area contributed by atoms with Gasteiger partial charge in [0.15, 0.2) is 0 Å². The lowest BCUT2D eigenvalue weighted by atomic mass is 9.83. The van der Waals surface area contributed by atoms with E-state index < -0.39 is 0 Å². The summed E-state index contributed by atoms with van der Waals surface area (Å²) in [5, 5.41) is 3.52. The zero-order valence-corrected chi connectivity index (χ0v) is 25.9. The number of nitrogens with zero attached hydrogens (tertiary/aromatic N) is 2. The summed E-state index contributed by atoms with van der Waals surface area (Å²) in [6, 6.07) is 0.640. The standard InChI is InChI=1S/C31H55N3O7/c1-22-18-24(19-23(2)32-22)31(36)41-26-8-5-16-39-28-21-25(20-27(37-3)29(28)38-4)30(35)40-17-7-12-33-10-6-11-34(13-9-26)15-14-33/h22-29,32H,5-21H2,1-4H3. The molecule has 236 valence electrons. The lowest BCUT2D eigenvalue weighted by Crippen LogP contribution is -2.49. The number of cyclic esters (lactones) is 1. The van der Waals surface area contributed by atoms with E-state index in [1.54, 1.807) is 14.2 Å². The molecule has 3 aliphatic heterocycles. The van der Waals surface area contributed by atoms with Crippen molar-refractivity contribution >= 4 is 11.9 Å². The first-order valence-corrected chi connectivity index (χ1v) is 16.1. The molecule has 4 bridgehead atoms. The van der Waals surface area contributed by atoms with Crippen molar-refractivity contribution in [3.63, 3.8) is 0 Å². The maximum absolute atomic E-state index is 13.3. The molecule has 1 saturated carbocycles. The summed E-state index contributed by atoms with van der Waals surface area (Å²) in [4.78, 5) is 31.3. The van der Waals surface area contributed by atoms with Gasteiger partial charge in [0, 0.05) is 59.1 Å². The van der Waals surface area contributed by atoms with E-state index in [-0.39, 0.29) is 48.2 Å². The molecule has 3 saturated heterocycles. The molecule has 4 fully saturated rings. The molecule has 0 amide bonds. The van der Waals surface area contributed by atoms with Crippen LogP contribution in [0.3, 0.4) is 0 Å². The van der Waals surface area contributed by atoms with Crippen molar-refractivity contribution < 1.29 is 33.3 Å². The van der Waals surface area contributed by atoms with Gasteiger partial charge in [-0.1, -0.05) is 0 Å². The highest BCUT2D eigenvalue weighted by atomic mass is 16.6. The molecule has 9 unspecified atom stereocenters. The first kappa shape index (κ1) is 32.6. The number of ether oxygens (including phenoxy) is 5. The topological polar surface area (TPSA) is 98.8 Å². The van der Waals surface area contributed by atoms with Crippen LogP contribution < -0.4 is 5.32 Å². The highest BCUT2D eigenvalue weighted by molar-refractivity contribution is 5.73. The average Bonchev–Trinajstić information content (AvgIpc) is 3.19. The van der Waals surface area contributed by atoms with Gasteiger partial charge < -0.3 is 38.8 Å². The van der Waals surface area contributed by atoms with Crippen LogP contribution in [0.1, 0.15) is 71.6 Å². The number of fused-ring (bicyclic) bond motifs is 5. The van der Waals surface area contributed by atoms with E-state index in [2.05, 4.69) is 29.0 Å². The van der Waals surface area contributed by atoms with E-state index in [0.717, 1.165) is 84.2 Å². The van der Waals surface area contributed by atoms with E-state index >= 15 is 0 Å². The predicted molar refractivity (Wildman–Crippen MR) is 156 cm³/mol. The van der Waals surface area contributed by atoms with Crippen LogP contribution in [0.2, 0.25) is 0 Å². The highest BCUT2D eigenvalue weighted by Crippen LogP contribution is 2.32. The Morgan fingerprint density at radius 3 is 2.24 bits per heavy atom. The van der Waals surface area contributed by atoms with Gasteiger partial charge in [0.1, 0.15) is 12.2 Å². The van der Waals surface area contributed by atoms with Crippen LogP contribution in [-0.2, 0) is 33.3 Å². The molecule has 0 aromatic heterocycles. The van der Waals surface area contributed by atoms with Gasteiger partial charge in [0.25, 0.3) is 0 Å². The van der Waals surface area contributed by atoms with Gasteiger partial charge >= 0.3 is 11.9 Å². The Morgan fingerprint density at radius 1 is 0.829 bits per heavy atom. The molecule has 10 nitrogen and oxygen atoms in total. The molecule has 0 aromatic rings. The van der Waals surface area contributed by atoms with Crippen LogP contribution in [0.4, 0.5) is 0 Å². The number of piperidine rings is 1. The Balaban J connectivity index is 1.42. The maximum atomic E-state index is 13.3. The Hall–Kier alpha value is -1.30. The summed E-state index contributed by atoms with van der Waals surface area (Å²) in [5.41, 5.74) is 0. The van der Waals surface area contributed by atoms with Gasteiger partial charge in [-0.25, -0.2) is 0 Å². The summed E-state index contributed by atoms with van der Waals surface area (Å²) in [6.07, 6.45) is 6.23. The van der Waals surface area contributed by atoms with Gasteiger partial charge in [-0.15, -0.1) is 0 Å². The summed E-state index contributed by atoms with van der Waals surface area (Å²) in [5.74, 6) is -0.529. The largest absolute Gasteiger partial charge is 0.465 e. The molecule has 0 spiro atoms. The molecule has 10 heteroatoms. The molecule has 0 aromatic carbocycles. The van der Waals surface area contributed by atoms with Gasteiger partial charge in [0.05, 0.1) is 30.7 Å². The second kappa shape index (κ2) is 16.5. The van der Waals surface area contributed by atoms with Crippen LogP contribution >= 0.6 is 0 Å². The van der Waals surface area contributed by atoms with E-state index in [1.807, 2.05) is 0 Å². The average molecular weight is 582 g/mol. The highest BCUT2D eigenvalue weighted by Gasteiger charge is 2.42. The van der Waals surface area contributed by atoms with E-state index in [0.29, 0.717) is 38.1 Å². The van der Waals surface area contributed by atoms with E-state index in [1.165, 1.54) is 0 Å². The van der Waals surface area contributed by atoms with Crippen molar-refractivity contribution in [2.75, 3.05) is 66.7 Å².